The number of likely N-dealkylation sites (N-methyl/N-ethyl adjacent to an activating group) is 1. The second kappa shape index (κ2) is 5.20. The van der Waals surface area contributed by atoms with Crippen LogP contribution in [0.3, 0.4) is 0 Å². The van der Waals surface area contributed by atoms with Crippen molar-refractivity contribution in [3.8, 4) is 0 Å². The minimum atomic E-state index is 0.465. The van der Waals surface area contributed by atoms with Crippen molar-refractivity contribution in [2.75, 3.05) is 6.54 Å². The van der Waals surface area contributed by atoms with Gasteiger partial charge in [0.05, 0.1) is 0 Å². The van der Waals surface area contributed by atoms with Crippen molar-refractivity contribution in [1.29, 1.82) is 0 Å². The van der Waals surface area contributed by atoms with Gasteiger partial charge in [-0.15, -0.1) is 11.3 Å². The van der Waals surface area contributed by atoms with Crippen LogP contribution in [0.2, 0.25) is 0 Å². The van der Waals surface area contributed by atoms with Gasteiger partial charge in [0.1, 0.15) is 0 Å². The lowest BCUT2D eigenvalue weighted by Crippen LogP contribution is -2.22. The molecule has 0 saturated heterocycles. The lowest BCUT2D eigenvalue weighted by Gasteiger charge is -2.04. The first kappa shape index (κ1) is 10.5. The summed E-state index contributed by atoms with van der Waals surface area (Å²) in [4.78, 5) is 2.71. The fourth-order valence-corrected chi connectivity index (χ4v) is 1.96. The van der Waals surface area contributed by atoms with Gasteiger partial charge in [-0.1, -0.05) is 13.0 Å². The average molecular weight is 195 g/mol. The van der Waals surface area contributed by atoms with E-state index in [2.05, 4.69) is 50.4 Å². The molecule has 0 radical (unpaired) electrons. The van der Waals surface area contributed by atoms with Crippen LogP contribution in [-0.2, 0) is 0 Å². The average Bonchev–Trinajstić information content (AvgIpc) is 2.49. The molecule has 13 heavy (non-hydrogen) atoms. The third-order valence-corrected chi connectivity index (χ3v) is 2.80. The summed E-state index contributed by atoms with van der Waals surface area (Å²) in [6.07, 6.45) is 4.39. The van der Waals surface area contributed by atoms with Crippen molar-refractivity contribution < 1.29 is 0 Å². The van der Waals surface area contributed by atoms with Crippen LogP contribution in [0.1, 0.15) is 23.6 Å². The molecule has 1 aromatic rings. The van der Waals surface area contributed by atoms with Gasteiger partial charge in [0.15, 0.2) is 0 Å². The fraction of sp³-hybridized carbons (Fsp3) is 0.455. The molecule has 0 saturated carbocycles. The maximum atomic E-state index is 3.34. The smallest absolute Gasteiger partial charge is 0.0270 e. The van der Waals surface area contributed by atoms with Crippen LogP contribution in [0, 0.1) is 6.92 Å². The second-order valence-electron chi connectivity index (χ2n) is 3.15. The van der Waals surface area contributed by atoms with Crippen LogP contribution in [0.4, 0.5) is 0 Å². The molecular formula is C11H17NS. The van der Waals surface area contributed by atoms with Crippen molar-refractivity contribution in [3.63, 3.8) is 0 Å². The monoisotopic (exact) mass is 195 g/mol. The van der Waals surface area contributed by atoms with Gasteiger partial charge in [0, 0.05) is 15.8 Å². The SMILES string of the molecule is CCNC(C)/C=C/c1ccc(C)s1. The summed E-state index contributed by atoms with van der Waals surface area (Å²) in [6.45, 7) is 7.45. The molecule has 1 nitrogen and oxygen atoms in total. The molecule has 2 heteroatoms. The van der Waals surface area contributed by atoms with Crippen LogP contribution in [0.25, 0.3) is 6.08 Å². The minimum absolute atomic E-state index is 0.465. The predicted molar refractivity (Wildman–Crippen MR) is 61.2 cm³/mol. The Labute approximate surface area is 84.5 Å². The highest BCUT2D eigenvalue weighted by Gasteiger charge is 1.94. The van der Waals surface area contributed by atoms with Gasteiger partial charge in [-0.05, 0) is 38.6 Å². The van der Waals surface area contributed by atoms with E-state index in [4.69, 9.17) is 0 Å². The van der Waals surface area contributed by atoms with Crippen LogP contribution >= 0.6 is 11.3 Å². The molecule has 1 aromatic heterocycles. The number of thiophene rings is 1. The largest absolute Gasteiger partial charge is 0.311 e. The lowest BCUT2D eigenvalue weighted by atomic mass is 10.3. The topological polar surface area (TPSA) is 12.0 Å². The Morgan fingerprint density at radius 1 is 1.54 bits per heavy atom. The number of hydrogen-bond donors (Lipinski definition) is 1. The standard InChI is InChI=1S/C11H17NS/c1-4-12-9(2)5-7-11-8-6-10(3)13-11/h5-9,12H,4H2,1-3H3/b7-5+. The van der Waals surface area contributed by atoms with E-state index >= 15 is 0 Å². The Morgan fingerprint density at radius 3 is 2.85 bits per heavy atom. The van der Waals surface area contributed by atoms with Crippen LogP contribution < -0.4 is 5.32 Å². The molecule has 0 aliphatic carbocycles. The van der Waals surface area contributed by atoms with Gasteiger partial charge in [-0.2, -0.15) is 0 Å². The van der Waals surface area contributed by atoms with Crippen LogP contribution in [-0.4, -0.2) is 12.6 Å². The number of aryl methyl sites for hydroxylation is 1. The first-order valence-corrected chi connectivity index (χ1v) is 5.52. The number of rotatable bonds is 4. The van der Waals surface area contributed by atoms with E-state index in [0.717, 1.165) is 6.54 Å². The summed E-state index contributed by atoms with van der Waals surface area (Å²) >= 11 is 1.83. The van der Waals surface area contributed by atoms with Gasteiger partial charge in [-0.25, -0.2) is 0 Å². The van der Waals surface area contributed by atoms with Gasteiger partial charge in [-0.3, -0.25) is 0 Å². The molecule has 0 aliphatic rings. The summed E-state index contributed by atoms with van der Waals surface area (Å²) in [6, 6.07) is 4.78. The highest BCUT2D eigenvalue weighted by Crippen LogP contribution is 2.16. The van der Waals surface area contributed by atoms with E-state index < -0.39 is 0 Å². The molecule has 1 unspecified atom stereocenters. The molecule has 72 valence electrons. The number of nitrogens with one attached hydrogen (secondary N) is 1. The molecule has 0 fully saturated rings. The lowest BCUT2D eigenvalue weighted by molar-refractivity contribution is 0.663. The maximum Gasteiger partial charge on any atom is 0.0270 e. The summed E-state index contributed by atoms with van der Waals surface area (Å²) in [5.41, 5.74) is 0. The van der Waals surface area contributed by atoms with E-state index in [1.54, 1.807) is 0 Å². The summed E-state index contributed by atoms with van der Waals surface area (Å²) in [7, 11) is 0. The molecule has 1 heterocycles. The fourth-order valence-electron chi connectivity index (χ4n) is 1.17. The number of hydrogen-bond acceptors (Lipinski definition) is 2. The summed E-state index contributed by atoms with van der Waals surface area (Å²) < 4.78 is 0. The predicted octanol–water partition coefficient (Wildman–Crippen LogP) is 3.07. The van der Waals surface area contributed by atoms with Crippen molar-refractivity contribution in [2.24, 2.45) is 0 Å². The Hall–Kier alpha value is -0.600. The third-order valence-electron chi connectivity index (χ3n) is 1.84. The van der Waals surface area contributed by atoms with Crippen molar-refractivity contribution in [3.05, 3.63) is 28.0 Å². The quantitative estimate of drug-likeness (QED) is 0.778. The molecule has 0 bridgehead atoms. The second-order valence-corrected chi connectivity index (χ2v) is 4.47. The van der Waals surface area contributed by atoms with E-state index in [1.807, 2.05) is 11.3 Å². The van der Waals surface area contributed by atoms with E-state index in [1.165, 1.54) is 9.75 Å². The zero-order chi connectivity index (χ0) is 9.68. The van der Waals surface area contributed by atoms with E-state index in [9.17, 15) is 0 Å². The Kier molecular flexibility index (Phi) is 4.19. The van der Waals surface area contributed by atoms with Gasteiger partial charge >= 0.3 is 0 Å². The van der Waals surface area contributed by atoms with Crippen molar-refractivity contribution in [2.45, 2.75) is 26.8 Å². The Bertz CT molecular complexity index is 275. The van der Waals surface area contributed by atoms with Crippen molar-refractivity contribution >= 4 is 17.4 Å². The molecule has 1 rings (SSSR count). The summed E-state index contributed by atoms with van der Waals surface area (Å²) in [5.74, 6) is 0. The summed E-state index contributed by atoms with van der Waals surface area (Å²) in [5, 5.41) is 3.34. The molecule has 0 aromatic carbocycles. The van der Waals surface area contributed by atoms with Gasteiger partial charge in [0.2, 0.25) is 0 Å². The first-order chi connectivity index (χ1) is 6.22. The highest BCUT2D eigenvalue weighted by molar-refractivity contribution is 7.12. The van der Waals surface area contributed by atoms with Gasteiger partial charge < -0.3 is 5.32 Å². The zero-order valence-corrected chi connectivity index (χ0v) is 9.32. The molecule has 1 N–H and O–H groups in total. The van der Waals surface area contributed by atoms with Crippen molar-refractivity contribution in [1.82, 2.24) is 5.32 Å². The molecular weight excluding hydrogens is 178 g/mol. The van der Waals surface area contributed by atoms with E-state index in [-0.39, 0.29) is 0 Å². The molecule has 0 spiro atoms. The molecule has 0 amide bonds. The minimum Gasteiger partial charge on any atom is -0.311 e. The van der Waals surface area contributed by atoms with Gasteiger partial charge in [0.25, 0.3) is 0 Å². The Morgan fingerprint density at radius 2 is 2.31 bits per heavy atom. The molecule has 0 aliphatic heterocycles. The Balaban J connectivity index is 2.48. The van der Waals surface area contributed by atoms with Crippen LogP contribution in [0.15, 0.2) is 18.2 Å². The normalized spacial score (nSPS) is 13.8. The maximum absolute atomic E-state index is 3.34. The third kappa shape index (κ3) is 3.75. The van der Waals surface area contributed by atoms with Crippen LogP contribution in [0.5, 0.6) is 0 Å². The highest BCUT2D eigenvalue weighted by atomic mass is 32.1. The first-order valence-electron chi connectivity index (χ1n) is 4.70. The molecule has 1 atom stereocenters. The van der Waals surface area contributed by atoms with E-state index in [0.29, 0.717) is 6.04 Å². The zero-order valence-electron chi connectivity index (χ0n) is 8.50.